The third-order valence-corrected chi connectivity index (χ3v) is 1.65. The van der Waals surface area contributed by atoms with Gasteiger partial charge in [-0.25, -0.2) is 0 Å². The molecule has 1 rings (SSSR count). The van der Waals surface area contributed by atoms with E-state index in [1.807, 2.05) is 31.3 Å². The van der Waals surface area contributed by atoms with E-state index in [-0.39, 0.29) is 0 Å². The predicted molar refractivity (Wildman–Crippen MR) is 51.7 cm³/mol. The Morgan fingerprint density at radius 2 is 1.92 bits per heavy atom. The van der Waals surface area contributed by atoms with Crippen LogP contribution in [-0.4, -0.2) is 21.0 Å². The Hall–Kier alpha value is -1.06. The van der Waals surface area contributed by atoms with Gasteiger partial charge in [0.15, 0.2) is 6.79 Å². The lowest BCUT2D eigenvalue weighted by atomic mass is 10.2. The largest absolute Gasteiger partial charge is 0.468 e. The Morgan fingerprint density at radius 1 is 1.23 bits per heavy atom. The average Bonchev–Trinajstić information content (AvgIpc) is 2.17. The van der Waals surface area contributed by atoms with Gasteiger partial charge in [0.25, 0.3) is 0 Å². The predicted octanol–water partition coefficient (Wildman–Crippen LogP) is 1.39. The molecule has 0 aliphatic heterocycles. The first kappa shape index (κ1) is 10.0. The van der Waals surface area contributed by atoms with E-state index in [0.29, 0.717) is 6.79 Å². The van der Waals surface area contributed by atoms with Crippen molar-refractivity contribution in [3.05, 3.63) is 29.8 Å². The van der Waals surface area contributed by atoms with Crippen LogP contribution in [0.4, 0.5) is 0 Å². The van der Waals surface area contributed by atoms with Crippen molar-refractivity contribution in [1.29, 1.82) is 0 Å². The molecule has 72 valence electrons. The smallest absolute Gasteiger partial charge is 0.188 e. The minimum Gasteiger partial charge on any atom is -0.468 e. The van der Waals surface area contributed by atoms with Crippen LogP contribution in [0.2, 0.25) is 0 Å². The molecule has 0 fully saturated rings. The lowest BCUT2D eigenvalue weighted by Crippen LogP contribution is -2.05. The van der Waals surface area contributed by atoms with Crippen LogP contribution < -0.4 is 10.1 Å². The Morgan fingerprint density at radius 3 is 2.46 bits per heavy atom. The second kappa shape index (κ2) is 5.56. The molecule has 0 unspecified atom stereocenters. The number of rotatable bonds is 5. The molecule has 0 aromatic heterocycles. The molecule has 1 aromatic carbocycles. The van der Waals surface area contributed by atoms with Gasteiger partial charge in [0.05, 0.1) is 0 Å². The van der Waals surface area contributed by atoms with Gasteiger partial charge in [-0.3, -0.25) is 0 Å². The maximum absolute atomic E-state index is 5.25. The zero-order valence-corrected chi connectivity index (χ0v) is 8.04. The monoisotopic (exact) mass is 181 g/mol. The molecule has 0 radical (unpaired) electrons. The molecule has 0 amide bonds. The molecule has 0 saturated carbocycles. The van der Waals surface area contributed by atoms with Crippen LogP contribution in [0.15, 0.2) is 24.3 Å². The fourth-order valence-corrected chi connectivity index (χ4v) is 1.03. The van der Waals surface area contributed by atoms with Crippen molar-refractivity contribution in [3.63, 3.8) is 0 Å². The van der Waals surface area contributed by atoms with Crippen LogP contribution in [0.1, 0.15) is 5.56 Å². The SMILES string of the molecule is CNCc1ccc(OCOC)cc1. The van der Waals surface area contributed by atoms with Gasteiger partial charge in [0.1, 0.15) is 5.75 Å². The van der Waals surface area contributed by atoms with Crippen molar-refractivity contribution in [2.24, 2.45) is 0 Å². The van der Waals surface area contributed by atoms with Crippen LogP contribution >= 0.6 is 0 Å². The first-order chi connectivity index (χ1) is 6.36. The highest BCUT2D eigenvalue weighted by Gasteiger charge is 1.93. The van der Waals surface area contributed by atoms with Crippen molar-refractivity contribution in [1.82, 2.24) is 5.32 Å². The zero-order chi connectivity index (χ0) is 9.52. The highest BCUT2D eigenvalue weighted by atomic mass is 16.7. The van der Waals surface area contributed by atoms with E-state index in [1.54, 1.807) is 7.11 Å². The highest BCUT2D eigenvalue weighted by molar-refractivity contribution is 5.26. The Bertz CT molecular complexity index is 233. The fourth-order valence-electron chi connectivity index (χ4n) is 1.03. The van der Waals surface area contributed by atoms with E-state index in [9.17, 15) is 0 Å². The summed E-state index contributed by atoms with van der Waals surface area (Å²) in [5.41, 5.74) is 1.24. The third kappa shape index (κ3) is 3.44. The number of nitrogens with one attached hydrogen (secondary N) is 1. The van der Waals surface area contributed by atoms with Crippen LogP contribution in [-0.2, 0) is 11.3 Å². The molecule has 3 heteroatoms. The second-order valence-electron chi connectivity index (χ2n) is 2.73. The number of ether oxygens (including phenoxy) is 2. The van der Waals surface area contributed by atoms with E-state index in [2.05, 4.69) is 5.32 Å². The van der Waals surface area contributed by atoms with E-state index in [1.165, 1.54) is 5.56 Å². The molecular formula is C10H15NO2. The molecule has 1 aromatic rings. The number of hydrogen-bond acceptors (Lipinski definition) is 3. The van der Waals surface area contributed by atoms with Gasteiger partial charge in [-0.1, -0.05) is 12.1 Å². The summed E-state index contributed by atoms with van der Waals surface area (Å²) in [6, 6.07) is 7.93. The van der Waals surface area contributed by atoms with Crippen molar-refractivity contribution >= 4 is 0 Å². The summed E-state index contributed by atoms with van der Waals surface area (Å²) in [6.45, 7) is 1.18. The van der Waals surface area contributed by atoms with Gasteiger partial charge in [-0.2, -0.15) is 0 Å². The van der Waals surface area contributed by atoms with Crippen molar-refractivity contribution in [2.75, 3.05) is 21.0 Å². The van der Waals surface area contributed by atoms with Gasteiger partial charge in [-0.15, -0.1) is 0 Å². The van der Waals surface area contributed by atoms with Crippen LogP contribution in [0.25, 0.3) is 0 Å². The lowest BCUT2D eigenvalue weighted by molar-refractivity contribution is 0.0511. The van der Waals surface area contributed by atoms with Gasteiger partial charge in [0.2, 0.25) is 0 Å². The summed E-state index contributed by atoms with van der Waals surface area (Å²) in [5.74, 6) is 0.835. The van der Waals surface area contributed by atoms with Crippen LogP contribution in [0, 0.1) is 0 Å². The molecular weight excluding hydrogens is 166 g/mol. The quantitative estimate of drug-likeness (QED) is 0.696. The summed E-state index contributed by atoms with van der Waals surface area (Å²) < 4.78 is 10.0. The molecule has 0 aliphatic rings. The third-order valence-electron chi connectivity index (χ3n) is 1.65. The molecule has 3 nitrogen and oxygen atoms in total. The summed E-state index contributed by atoms with van der Waals surface area (Å²) in [4.78, 5) is 0. The summed E-state index contributed by atoms with van der Waals surface area (Å²) in [6.07, 6.45) is 0. The van der Waals surface area contributed by atoms with Gasteiger partial charge < -0.3 is 14.8 Å². The Labute approximate surface area is 78.7 Å². The molecule has 0 saturated heterocycles. The summed E-state index contributed by atoms with van der Waals surface area (Å²) in [7, 11) is 3.53. The molecule has 1 N–H and O–H groups in total. The Balaban J connectivity index is 2.48. The van der Waals surface area contributed by atoms with Gasteiger partial charge >= 0.3 is 0 Å². The molecule has 0 spiro atoms. The number of methoxy groups -OCH3 is 1. The zero-order valence-electron chi connectivity index (χ0n) is 8.04. The highest BCUT2D eigenvalue weighted by Crippen LogP contribution is 2.11. The van der Waals surface area contributed by atoms with E-state index < -0.39 is 0 Å². The number of hydrogen-bond donors (Lipinski definition) is 1. The van der Waals surface area contributed by atoms with E-state index >= 15 is 0 Å². The first-order valence-electron chi connectivity index (χ1n) is 4.22. The molecule has 0 atom stereocenters. The molecule has 0 aliphatic carbocycles. The second-order valence-corrected chi connectivity index (χ2v) is 2.73. The van der Waals surface area contributed by atoms with Crippen molar-refractivity contribution in [3.8, 4) is 5.75 Å². The van der Waals surface area contributed by atoms with E-state index in [0.717, 1.165) is 12.3 Å². The van der Waals surface area contributed by atoms with Crippen molar-refractivity contribution < 1.29 is 9.47 Å². The lowest BCUT2D eigenvalue weighted by Gasteiger charge is -2.05. The standard InChI is InChI=1S/C10H15NO2/c1-11-7-9-3-5-10(6-4-9)13-8-12-2/h3-6,11H,7-8H2,1-2H3. The first-order valence-corrected chi connectivity index (χ1v) is 4.22. The Kier molecular flexibility index (Phi) is 4.29. The minimum absolute atomic E-state index is 0.297. The van der Waals surface area contributed by atoms with Gasteiger partial charge in [-0.05, 0) is 24.7 Å². The molecule has 0 bridgehead atoms. The maximum atomic E-state index is 5.25. The summed E-state index contributed by atoms with van der Waals surface area (Å²) >= 11 is 0. The maximum Gasteiger partial charge on any atom is 0.188 e. The average molecular weight is 181 g/mol. The van der Waals surface area contributed by atoms with Crippen LogP contribution in [0.5, 0.6) is 5.75 Å². The summed E-state index contributed by atoms with van der Waals surface area (Å²) in [5, 5.41) is 3.08. The van der Waals surface area contributed by atoms with E-state index in [4.69, 9.17) is 9.47 Å². The fraction of sp³-hybridized carbons (Fsp3) is 0.400. The minimum atomic E-state index is 0.297. The van der Waals surface area contributed by atoms with Crippen LogP contribution in [0.3, 0.4) is 0 Å². The molecule has 13 heavy (non-hydrogen) atoms. The normalized spacial score (nSPS) is 10.0. The van der Waals surface area contributed by atoms with Crippen molar-refractivity contribution in [2.45, 2.75) is 6.54 Å². The topological polar surface area (TPSA) is 30.5 Å². The molecule has 0 heterocycles. The number of benzene rings is 1. The van der Waals surface area contributed by atoms with Gasteiger partial charge in [0, 0.05) is 13.7 Å².